The Labute approximate surface area is 121 Å². The largest absolute Gasteiger partial charge is 0.491 e. The average Bonchev–Trinajstić information content (AvgIpc) is 2.35. The molecule has 1 saturated carbocycles. The number of ketones is 1. The van der Waals surface area contributed by atoms with Crippen molar-refractivity contribution in [2.45, 2.75) is 52.2 Å². The summed E-state index contributed by atoms with van der Waals surface area (Å²) in [5, 5.41) is 0. The Kier molecular flexibility index (Phi) is 5.18. The molecule has 0 amide bonds. The predicted octanol–water partition coefficient (Wildman–Crippen LogP) is 3.86. The van der Waals surface area contributed by atoms with Gasteiger partial charge in [0, 0.05) is 18.6 Å². The zero-order valence-electron chi connectivity index (χ0n) is 12.6. The highest BCUT2D eigenvalue weighted by Gasteiger charge is 2.31. The quantitative estimate of drug-likeness (QED) is 0.709. The van der Waals surface area contributed by atoms with Gasteiger partial charge in [-0.25, -0.2) is 0 Å². The number of carbonyl (C=O) groups excluding carboxylic acids is 1. The van der Waals surface area contributed by atoms with E-state index in [9.17, 15) is 4.79 Å². The highest BCUT2D eigenvalue weighted by Crippen LogP contribution is 2.33. The smallest absolute Gasteiger partial charge is 0.163 e. The molecule has 0 atom stereocenters. The lowest BCUT2D eigenvalue weighted by molar-refractivity contribution is -0.0246. The molecular weight excluding hydrogens is 252 g/mol. The van der Waals surface area contributed by atoms with Gasteiger partial charge in [0.15, 0.2) is 5.78 Å². The SMILES string of the molecule is CCOC1CC(CC(=O)c2cccc(OC(C)C)c2)C1. The van der Waals surface area contributed by atoms with Crippen molar-refractivity contribution < 1.29 is 14.3 Å². The van der Waals surface area contributed by atoms with Crippen LogP contribution in [0, 0.1) is 5.92 Å². The minimum absolute atomic E-state index is 0.124. The van der Waals surface area contributed by atoms with E-state index in [-0.39, 0.29) is 11.9 Å². The standard InChI is InChI=1S/C17H24O3/c1-4-19-16-8-13(9-16)10-17(18)14-6-5-7-15(11-14)20-12(2)3/h5-7,11-13,16H,4,8-10H2,1-3H3. The molecule has 3 nitrogen and oxygen atoms in total. The molecule has 0 aliphatic heterocycles. The molecule has 0 radical (unpaired) electrons. The number of benzene rings is 1. The maximum atomic E-state index is 12.3. The van der Waals surface area contributed by atoms with E-state index in [0.717, 1.165) is 30.8 Å². The van der Waals surface area contributed by atoms with Crippen LogP contribution in [0.3, 0.4) is 0 Å². The Morgan fingerprint density at radius 1 is 1.35 bits per heavy atom. The fraction of sp³-hybridized carbons (Fsp3) is 0.588. The van der Waals surface area contributed by atoms with Gasteiger partial charge in [-0.1, -0.05) is 12.1 Å². The lowest BCUT2D eigenvalue weighted by Gasteiger charge is -2.34. The number of hydrogen-bond acceptors (Lipinski definition) is 3. The van der Waals surface area contributed by atoms with E-state index in [0.29, 0.717) is 18.4 Å². The van der Waals surface area contributed by atoms with Crippen LogP contribution in [0.5, 0.6) is 5.75 Å². The third kappa shape index (κ3) is 4.07. The highest BCUT2D eigenvalue weighted by atomic mass is 16.5. The molecule has 110 valence electrons. The van der Waals surface area contributed by atoms with Gasteiger partial charge in [-0.15, -0.1) is 0 Å². The molecule has 1 aliphatic carbocycles. The van der Waals surface area contributed by atoms with Gasteiger partial charge >= 0.3 is 0 Å². The third-order valence-corrected chi connectivity index (χ3v) is 3.60. The summed E-state index contributed by atoms with van der Waals surface area (Å²) in [6.45, 7) is 6.74. The molecule has 20 heavy (non-hydrogen) atoms. The summed E-state index contributed by atoms with van der Waals surface area (Å²) in [6, 6.07) is 7.50. The second kappa shape index (κ2) is 6.89. The summed E-state index contributed by atoms with van der Waals surface area (Å²) in [7, 11) is 0. The van der Waals surface area contributed by atoms with E-state index in [1.807, 2.05) is 45.0 Å². The molecule has 0 bridgehead atoms. The van der Waals surface area contributed by atoms with Crippen LogP contribution in [0.25, 0.3) is 0 Å². The van der Waals surface area contributed by atoms with Crippen LogP contribution >= 0.6 is 0 Å². The molecule has 0 unspecified atom stereocenters. The van der Waals surface area contributed by atoms with Crippen molar-refractivity contribution in [3.05, 3.63) is 29.8 Å². The summed E-state index contributed by atoms with van der Waals surface area (Å²) in [5.74, 6) is 1.46. The van der Waals surface area contributed by atoms with E-state index >= 15 is 0 Å². The van der Waals surface area contributed by atoms with Crippen LogP contribution in [0.15, 0.2) is 24.3 Å². The maximum Gasteiger partial charge on any atom is 0.163 e. The molecule has 0 N–H and O–H groups in total. The van der Waals surface area contributed by atoms with Gasteiger partial charge in [0.25, 0.3) is 0 Å². The van der Waals surface area contributed by atoms with E-state index < -0.39 is 0 Å². The molecule has 1 fully saturated rings. The summed E-state index contributed by atoms with van der Waals surface area (Å²) in [4.78, 5) is 12.3. The lowest BCUT2D eigenvalue weighted by Crippen LogP contribution is -2.32. The molecule has 0 aromatic heterocycles. The number of rotatable bonds is 7. The molecule has 0 heterocycles. The molecule has 2 rings (SSSR count). The first-order chi connectivity index (χ1) is 9.58. The second-order valence-electron chi connectivity index (χ2n) is 5.74. The van der Waals surface area contributed by atoms with Gasteiger partial charge in [0.1, 0.15) is 5.75 Å². The first kappa shape index (κ1) is 15.0. The first-order valence-electron chi connectivity index (χ1n) is 7.50. The first-order valence-corrected chi connectivity index (χ1v) is 7.50. The topological polar surface area (TPSA) is 35.5 Å². The van der Waals surface area contributed by atoms with Crippen molar-refractivity contribution in [3.63, 3.8) is 0 Å². The Morgan fingerprint density at radius 2 is 2.10 bits per heavy atom. The Balaban J connectivity index is 1.87. The van der Waals surface area contributed by atoms with Crippen molar-refractivity contribution in [3.8, 4) is 5.75 Å². The number of carbonyl (C=O) groups is 1. The van der Waals surface area contributed by atoms with E-state index in [4.69, 9.17) is 9.47 Å². The normalized spacial score (nSPS) is 21.6. The lowest BCUT2D eigenvalue weighted by atomic mass is 9.78. The van der Waals surface area contributed by atoms with Crippen LogP contribution in [0.2, 0.25) is 0 Å². The van der Waals surface area contributed by atoms with E-state index in [1.165, 1.54) is 0 Å². The van der Waals surface area contributed by atoms with Crippen LogP contribution in [0.1, 0.15) is 50.4 Å². The van der Waals surface area contributed by atoms with Gasteiger partial charge in [0.2, 0.25) is 0 Å². The Hall–Kier alpha value is -1.35. The zero-order chi connectivity index (χ0) is 14.5. The maximum absolute atomic E-state index is 12.3. The summed E-state index contributed by atoms with van der Waals surface area (Å²) < 4.78 is 11.2. The van der Waals surface area contributed by atoms with Gasteiger partial charge in [-0.05, 0) is 51.7 Å². The molecule has 3 heteroatoms. The van der Waals surface area contributed by atoms with Crippen molar-refractivity contribution in [1.29, 1.82) is 0 Å². The van der Waals surface area contributed by atoms with Crippen LogP contribution in [0.4, 0.5) is 0 Å². The van der Waals surface area contributed by atoms with Gasteiger partial charge in [0.05, 0.1) is 12.2 Å². The summed E-state index contributed by atoms with van der Waals surface area (Å²) in [6.07, 6.45) is 3.14. The van der Waals surface area contributed by atoms with E-state index in [2.05, 4.69) is 0 Å². The molecule has 1 aromatic rings. The predicted molar refractivity (Wildman–Crippen MR) is 79.3 cm³/mol. The molecule has 1 aromatic carbocycles. The monoisotopic (exact) mass is 276 g/mol. The molecule has 0 saturated heterocycles. The number of hydrogen-bond donors (Lipinski definition) is 0. The third-order valence-electron chi connectivity index (χ3n) is 3.60. The van der Waals surface area contributed by atoms with Crippen LogP contribution in [-0.2, 0) is 4.74 Å². The Bertz CT molecular complexity index is 447. The zero-order valence-corrected chi connectivity index (χ0v) is 12.6. The summed E-state index contributed by atoms with van der Waals surface area (Å²) in [5.41, 5.74) is 0.753. The Morgan fingerprint density at radius 3 is 2.75 bits per heavy atom. The van der Waals surface area contributed by atoms with Gasteiger partial charge in [-0.3, -0.25) is 4.79 Å². The van der Waals surface area contributed by atoms with Crippen molar-refractivity contribution in [2.24, 2.45) is 5.92 Å². The summed E-state index contributed by atoms with van der Waals surface area (Å²) >= 11 is 0. The molecular formula is C17H24O3. The van der Waals surface area contributed by atoms with Crippen molar-refractivity contribution in [1.82, 2.24) is 0 Å². The van der Waals surface area contributed by atoms with Crippen LogP contribution in [-0.4, -0.2) is 24.6 Å². The number of ether oxygens (including phenoxy) is 2. The van der Waals surface area contributed by atoms with Crippen molar-refractivity contribution >= 4 is 5.78 Å². The fourth-order valence-electron chi connectivity index (χ4n) is 2.61. The highest BCUT2D eigenvalue weighted by molar-refractivity contribution is 5.96. The fourth-order valence-corrected chi connectivity index (χ4v) is 2.61. The van der Waals surface area contributed by atoms with E-state index in [1.54, 1.807) is 0 Å². The number of Topliss-reactive ketones (excluding diaryl/α,β-unsaturated/α-hetero) is 1. The minimum Gasteiger partial charge on any atom is -0.491 e. The average molecular weight is 276 g/mol. The van der Waals surface area contributed by atoms with Crippen LogP contribution < -0.4 is 4.74 Å². The molecule has 1 aliphatic rings. The van der Waals surface area contributed by atoms with Gasteiger partial charge in [-0.2, -0.15) is 0 Å². The molecule has 0 spiro atoms. The second-order valence-corrected chi connectivity index (χ2v) is 5.74. The van der Waals surface area contributed by atoms with Crippen molar-refractivity contribution in [2.75, 3.05) is 6.61 Å². The van der Waals surface area contributed by atoms with Gasteiger partial charge < -0.3 is 9.47 Å². The minimum atomic E-state index is 0.124.